The predicted molar refractivity (Wildman–Crippen MR) is 109 cm³/mol. The lowest BCUT2D eigenvalue weighted by Gasteiger charge is -2.60. The van der Waals surface area contributed by atoms with Gasteiger partial charge in [0.1, 0.15) is 5.69 Å². The smallest absolute Gasteiger partial charge is 0.270 e. The third-order valence-electron chi connectivity index (χ3n) is 7.49. The molecule has 3 unspecified atom stereocenters. The summed E-state index contributed by atoms with van der Waals surface area (Å²) in [7, 11) is 0. The van der Waals surface area contributed by atoms with Crippen molar-refractivity contribution in [1.29, 1.82) is 0 Å². The Bertz CT molecular complexity index is 940. The molecule has 2 N–H and O–H groups in total. The van der Waals surface area contributed by atoms with Crippen LogP contribution in [0.25, 0.3) is 10.9 Å². The van der Waals surface area contributed by atoms with E-state index in [0.717, 1.165) is 43.3 Å². The molecule has 3 atom stereocenters. The highest BCUT2D eigenvalue weighted by Crippen LogP contribution is 2.49. The van der Waals surface area contributed by atoms with Gasteiger partial charge in [0.15, 0.2) is 0 Å². The first-order valence-electron chi connectivity index (χ1n) is 10.6. The number of amides is 2. The number of likely N-dealkylation sites (tertiary alicyclic amines) is 1. The van der Waals surface area contributed by atoms with Crippen LogP contribution in [0.3, 0.4) is 0 Å². The van der Waals surface area contributed by atoms with E-state index in [9.17, 15) is 9.59 Å². The normalized spacial score (nSPS) is 28.2. The molecule has 2 aliphatic carbocycles. The molecule has 2 amide bonds. The van der Waals surface area contributed by atoms with Crippen molar-refractivity contribution in [2.24, 2.45) is 17.3 Å². The van der Waals surface area contributed by atoms with Crippen LogP contribution >= 0.6 is 0 Å². The maximum Gasteiger partial charge on any atom is 0.270 e. The average Bonchev–Trinajstić information content (AvgIpc) is 3.23. The predicted octanol–water partition coefficient (Wildman–Crippen LogP) is 3.63. The summed E-state index contributed by atoms with van der Waals surface area (Å²) in [6, 6.07) is 8.38. The standard InChI is InChI=1S/C23H29N3O2/c1-14-6-7-18-16(10-14)11-19(24-18)22(28)26-12-23(13-26)9-8-20(23)25-21(27)17-5-3-4-15(17)2/h6-7,10-11,15,17,20,24H,3-5,8-9,12-13H2,1-2H3,(H,25,27). The fraction of sp³-hybridized carbons (Fsp3) is 0.565. The molecule has 5 nitrogen and oxygen atoms in total. The minimum Gasteiger partial charge on any atom is -0.352 e. The zero-order chi connectivity index (χ0) is 19.5. The highest BCUT2D eigenvalue weighted by molar-refractivity contribution is 5.98. The van der Waals surface area contributed by atoms with E-state index >= 15 is 0 Å². The maximum absolute atomic E-state index is 12.9. The van der Waals surface area contributed by atoms with E-state index in [0.29, 0.717) is 11.6 Å². The Kier molecular flexibility index (Phi) is 4.04. The molecule has 5 rings (SSSR count). The van der Waals surface area contributed by atoms with Gasteiger partial charge in [-0.05, 0) is 56.7 Å². The molecule has 28 heavy (non-hydrogen) atoms. The van der Waals surface area contributed by atoms with Crippen LogP contribution in [-0.2, 0) is 4.79 Å². The number of rotatable bonds is 3. The lowest BCUT2D eigenvalue weighted by atomic mass is 9.59. The zero-order valence-electron chi connectivity index (χ0n) is 16.8. The largest absolute Gasteiger partial charge is 0.352 e. The number of aromatic nitrogens is 1. The summed E-state index contributed by atoms with van der Waals surface area (Å²) >= 11 is 0. The molecule has 0 radical (unpaired) electrons. The van der Waals surface area contributed by atoms with Gasteiger partial charge < -0.3 is 15.2 Å². The topological polar surface area (TPSA) is 65.2 Å². The van der Waals surface area contributed by atoms with Gasteiger partial charge in [-0.25, -0.2) is 0 Å². The van der Waals surface area contributed by atoms with E-state index < -0.39 is 0 Å². The van der Waals surface area contributed by atoms with Crippen LogP contribution in [0.5, 0.6) is 0 Å². The molecule has 0 bridgehead atoms. The Labute approximate surface area is 165 Å². The van der Waals surface area contributed by atoms with Gasteiger partial charge in [-0.2, -0.15) is 0 Å². The van der Waals surface area contributed by atoms with Gasteiger partial charge in [0.2, 0.25) is 5.91 Å². The molecule has 2 aromatic rings. The van der Waals surface area contributed by atoms with Crippen molar-refractivity contribution < 1.29 is 9.59 Å². The van der Waals surface area contributed by atoms with Crippen molar-refractivity contribution in [1.82, 2.24) is 15.2 Å². The summed E-state index contributed by atoms with van der Waals surface area (Å²) in [4.78, 5) is 30.7. The first kappa shape index (κ1) is 17.8. The molecule has 2 saturated carbocycles. The van der Waals surface area contributed by atoms with Crippen LogP contribution in [0.2, 0.25) is 0 Å². The number of nitrogens with one attached hydrogen (secondary N) is 2. The van der Waals surface area contributed by atoms with Gasteiger partial charge in [0, 0.05) is 41.4 Å². The SMILES string of the molecule is Cc1ccc2[nH]c(C(=O)N3CC4(CCC4NC(=O)C4CCCC4C)C3)cc2c1. The first-order chi connectivity index (χ1) is 13.4. The van der Waals surface area contributed by atoms with Crippen LogP contribution in [0.15, 0.2) is 24.3 Å². The van der Waals surface area contributed by atoms with Crippen LogP contribution < -0.4 is 5.32 Å². The minimum atomic E-state index is 0.0702. The average molecular weight is 380 g/mol. The van der Waals surface area contributed by atoms with Crippen molar-refractivity contribution in [2.45, 2.75) is 52.0 Å². The molecular weight excluding hydrogens is 350 g/mol. The van der Waals surface area contributed by atoms with E-state index in [1.165, 1.54) is 18.4 Å². The second-order valence-electron chi connectivity index (χ2n) is 9.41. The molecule has 1 aromatic heterocycles. The molecule has 1 spiro atoms. The molecule has 3 fully saturated rings. The molecule has 1 aromatic carbocycles. The van der Waals surface area contributed by atoms with Crippen molar-refractivity contribution in [2.75, 3.05) is 13.1 Å². The molecule has 5 heteroatoms. The third kappa shape index (κ3) is 2.75. The first-order valence-corrected chi connectivity index (χ1v) is 10.6. The van der Waals surface area contributed by atoms with Crippen LogP contribution in [0, 0.1) is 24.2 Å². The number of nitrogens with zero attached hydrogens (tertiary/aromatic N) is 1. The molecular formula is C23H29N3O2. The third-order valence-corrected chi connectivity index (χ3v) is 7.49. The molecule has 1 aliphatic heterocycles. The lowest BCUT2D eigenvalue weighted by Crippen LogP contribution is -2.71. The number of benzene rings is 1. The van der Waals surface area contributed by atoms with E-state index in [-0.39, 0.29) is 29.2 Å². The second-order valence-corrected chi connectivity index (χ2v) is 9.41. The molecule has 1 saturated heterocycles. The van der Waals surface area contributed by atoms with Crippen LogP contribution in [-0.4, -0.2) is 40.8 Å². The summed E-state index contributed by atoms with van der Waals surface area (Å²) in [6.07, 6.45) is 5.51. The van der Waals surface area contributed by atoms with Crippen LogP contribution in [0.1, 0.15) is 55.1 Å². The number of fused-ring (bicyclic) bond motifs is 1. The monoisotopic (exact) mass is 379 g/mol. The van der Waals surface area contributed by atoms with Crippen LogP contribution in [0.4, 0.5) is 0 Å². The van der Waals surface area contributed by atoms with Crippen molar-refractivity contribution >= 4 is 22.7 Å². The number of H-pyrrole nitrogens is 1. The fourth-order valence-electron chi connectivity index (χ4n) is 5.51. The summed E-state index contributed by atoms with van der Waals surface area (Å²) in [5.74, 6) is 0.997. The highest BCUT2D eigenvalue weighted by Gasteiger charge is 2.56. The maximum atomic E-state index is 12.9. The number of hydrogen-bond donors (Lipinski definition) is 2. The minimum absolute atomic E-state index is 0.0702. The van der Waals surface area contributed by atoms with E-state index in [1.54, 1.807) is 0 Å². The van der Waals surface area contributed by atoms with E-state index in [2.05, 4.69) is 36.3 Å². The highest BCUT2D eigenvalue weighted by atomic mass is 16.2. The summed E-state index contributed by atoms with van der Waals surface area (Å²) < 4.78 is 0. The van der Waals surface area contributed by atoms with Gasteiger partial charge in [-0.3, -0.25) is 9.59 Å². The lowest BCUT2D eigenvalue weighted by molar-refractivity contribution is -0.133. The van der Waals surface area contributed by atoms with E-state index in [1.807, 2.05) is 17.0 Å². The molecule has 148 valence electrons. The van der Waals surface area contributed by atoms with Crippen molar-refractivity contribution in [3.63, 3.8) is 0 Å². The summed E-state index contributed by atoms with van der Waals surface area (Å²) in [5.41, 5.74) is 2.97. The number of aryl methyl sites for hydroxylation is 1. The fourth-order valence-corrected chi connectivity index (χ4v) is 5.51. The molecule has 3 aliphatic rings. The number of carbonyl (C=O) groups excluding carboxylic acids is 2. The van der Waals surface area contributed by atoms with Gasteiger partial charge in [-0.15, -0.1) is 0 Å². The molecule has 2 heterocycles. The van der Waals surface area contributed by atoms with Gasteiger partial charge >= 0.3 is 0 Å². The summed E-state index contributed by atoms with van der Waals surface area (Å²) in [6.45, 7) is 5.76. The van der Waals surface area contributed by atoms with Crippen molar-refractivity contribution in [3.05, 3.63) is 35.5 Å². The van der Waals surface area contributed by atoms with E-state index in [4.69, 9.17) is 0 Å². The Balaban J connectivity index is 1.22. The van der Waals surface area contributed by atoms with Gasteiger partial charge in [-0.1, -0.05) is 25.0 Å². The van der Waals surface area contributed by atoms with Gasteiger partial charge in [0.25, 0.3) is 5.91 Å². The zero-order valence-corrected chi connectivity index (χ0v) is 16.8. The van der Waals surface area contributed by atoms with Gasteiger partial charge in [0.05, 0.1) is 0 Å². The van der Waals surface area contributed by atoms with Crippen molar-refractivity contribution in [3.8, 4) is 0 Å². The summed E-state index contributed by atoms with van der Waals surface area (Å²) in [5, 5.41) is 4.41. The number of carbonyl (C=O) groups is 2. The Morgan fingerprint density at radius 3 is 2.68 bits per heavy atom. The quantitative estimate of drug-likeness (QED) is 0.855. The Morgan fingerprint density at radius 2 is 2.00 bits per heavy atom. The Hall–Kier alpha value is -2.30. The second kappa shape index (κ2) is 6.36. The number of aromatic amines is 1. The Morgan fingerprint density at radius 1 is 1.18 bits per heavy atom. The number of hydrogen-bond acceptors (Lipinski definition) is 2.